The van der Waals surface area contributed by atoms with Crippen LogP contribution >= 0.6 is 0 Å². The molecule has 0 heterocycles. The number of rotatable bonds is 0. The van der Waals surface area contributed by atoms with Crippen molar-refractivity contribution in [3.05, 3.63) is 12.2 Å². The summed E-state index contributed by atoms with van der Waals surface area (Å²) in [6.07, 6.45) is -2.96. The van der Waals surface area contributed by atoms with E-state index in [-0.39, 0.29) is 6.42 Å². The van der Waals surface area contributed by atoms with Crippen molar-refractivity contribution in [3.8, 4) is 0 Å². The molecule has 3 atom stereocenters. The lowest BCUT2D eigenvalue weighted by Gasteiger charge is -2.17. The van der Waals surface area contributed by atoms with Gasteiger partial charge in [0.2, 0.25) is 0 Å². The fraction of sp³-hybridized carbons (Fsp3) is 0.667. The van der Waals surface area contributed by atoms with Crippen LogP contribution in [0.5, 0.6) is 0 Å². The first-order chi connectivity index (χ1) is 4.22. The zero-order valence-electron chi connectivity index (χ0n) is 4.73. The van der Waals surface area contributed by atoms with Crippen molar-refractivity contribution in [2.24, 2.45) is 0 Å². The first kappa shape index (κ1) is 6.65. The minimum atomic E-state index is -1.95. The Balaban J connectivity index is 2.58. The summed E-state index contributed by atoms with van der Waals surface area (Å²) in [6.45, 7) is 0. The van der Waals surface area contributed by atoms with Gasteiger partial charge in [-0.3, -0.25) is 0 Å². The van der Waals surface area contributed by atoms with Crippen molar-refractivity contribution in [1.29, 1.82) is 0 Å². The smallest absolute Gasteiger partial charge is 0.166 e. The quantitative estimate of drug-likeness (QED) is 0.446. The molecule has 1 rings (SSSR count). The van der Waals surface area contributed by atoms with Crippen molar-refractivity contribution in [3.63, 3.8) is 0 Å². The molecule has 1 aliphatic rings. The summed E-state index contributed by atoms with van der Waals surface area (Å²) in [5.41, 5.74) is 0. The highest BCUT2D eigenvalue weighted by molar-refractivity contribution is 5.02. The molecular formula is C6H7F3. The highest BCUT2D eigenvalue weighted by Crippen LogP contribution is 2.20. The summed E-state index contributed by atoms with van der Waals surface area (Å²) in [5.74, 6) is 0. The average Bonchev–Trinajstić information content (AvgIpc) is 1.83. The maximum atomic E-state index is 12.2. The molecular weight excluding hydrogens is 129 g/mol. The lowest BCUT2D eigenvalue weighted by molar-refractivity contribution is 0.0983. The summed E-state index contributed by atoms with van der Waals surface area (Å²) in [7, 11) is 0. The SMILES string of the molecule is FC1C=CCC(F)C1F. The molecule has 0 aromatic heterocycles. The molecule has 0 nitrogen and oxygen atoms in total. The maximum Gasteiger partial charge on any atom is 0.166 e. The monoisotopic (exact) mass is 136 g/mol. The Morgan fingerprint density at radius 3 is 2.33 bits per heavy atom. The van der Waals surface area contributed by atoms with Crippen LogP contribution in [0.25, 0.3) is 0 Å². The number of alkyl halides is 3. The minimum absolute atomic E-state index is 0.00157. The van der Waals surface area contributed by atoms with E-state index in [4.69, 9.17) is 0 Å². The van der Waals surface area contributed by atoms with Crippen LogP contribution in [0, 0.1) is 0 Å². The van der Waals surface area contributed by atoms with Gasteiger partial charge in [0.1, 0.15) is 6.17 Å². The predicted octanol–water partition coefficient (Wildman–Crippen LogP) is 1.96. The van der Waals surface area contributed by atoms with E-state index in [1.807, 2.05) is 0 Å². The predicted molar refractivity (Wildman–Crippen MR) is 28.4 cm³/mol. The lowest BCUT2D eigenvalue weighted by atomic mass is 10.0. The summed E-state index contributed by atoms with van der Waals surface area (Å²) < 4.78 is 36.5. The third-order valence-electron chi connectivity index (χ3n) is 1.33. The molecule has 1 aliphatic carbocycles. The molecule has 0 saturated heterocycles. The molecule has 3 unspecified atom stereocenters. The molecule has 52 valence electrons. The number of halogens is 3. The second-order valence-corrected chi connectivity index (χ2v) is 2.07. The number of allylic oxidation sites excluding steroid dienone is 2. The van der Waals surface area contributed by atoms with E-state index >= 15 is 0 Å². The molecule has 0 aromatic carbocycles. The Hall–Kier alpha value is -0.470. The normalized spacial score (nSPS) is 43.2. The third kappa shape index (κ3) is 1.26. The molecule has 3 heteroatoms. The van der Waals surface area contributed by atoms with Crippen LogP contribution in [0.3, 0.4) is 0 Å². The fourth-order valence-electron chi connectivity index (χ4n) is 0.774. The van der Waals surface area contributed by atoms with Gasteiger partial charge in [0.05, 0.1) is 0 Å². The molecule has 0 spiro atoms. The summed E-state index contributed by atoms with van der Waals surface area (Å²) in [4.78, 5) is 0. The van der Waals surface area contributed by atoms with Crippen molar-refractivity contribution in [2.45, 2.75) is 24.9 Å². The van der Waals surface area contributed by atoms with Gasteiger partial charge in [-0.25, -0.2) is 13.2 Å². The summed E-state index contributed by atoms with van der Waals surface area (Å²) >= 11 is 0. The number of hydrogen-bond acceptors (Lipinski definition) is 0. The van der Waals surface area contributed by atoms with Gasteiger partial charge in [0.25, 0.3) is 0 Å². The van der Waals surface area contributed by atoms with E-state index in [9.17, 15) is 13.2 Å². The van der Waals surface area contributed by atoms with E-state index in [0.717, 1.165) is 6.08 Å². The Kier molecular flexibility index (Phi) is 1.78. The van der Waals surface area contributed by atoms with Crippen molar-refractivity contribution >= 4 is 0 Å². The van der Waals surface area contributed by atoms with Crippen LogP contribution in [-0.4, -0.2) is 18.5 Å². The van der Waals surface area contributed by atoms with Gasteiger partial charge < -0.3 is 0 Å². The lowest BCUT2D eigenvalue weighted by Crippen LogP contribution is -2.29. The van der Waals surface area contributed by atoms with Gasteiger partial charge >= 0.3 is 0 Å². The summed E-state index contributed by atoms with van der Waals surface area (Å²) in [6, 6.07) is 0. The van der Waals surface area contributed by atoms with Gasteiger partial charge in [-0.15, -0.1) is 0 Å². The van der Waals surface area contributed by atoms with E-state index in [0.29, 0.717) is 0 Å². The van der Waals surface area contributed by atoms with E-state index in [1.54, 1.807) is 0 Å². The molecule has 0 fully saturated rings. The van der Waals surface area contributed by atoms with Crippen LogP contribution in [-0.2, 0) is 0 Å². The maximum absolute atomic E-state index is 12.2. The Labute approximate surface area is 51.4 Å². The first-order valence-corrected chi connectivity index (χ1v) is 2.80. The second kappa shape index (κ2) is 2.42. The van der Waals surface area contributed by atoms with Gasteiger partial charge in [-0.2, -0.15) is 0 Å². The molecule has 0 N–H and O–H groups in total. The van der Waals surface area contributed by atoms with Crippen LogP contribution in [0.1, 0.15) is 6.42 Å². The van der Waals surface area contributed by atoms with E-state index in [2.05, 4.69) is 0 Å². The van der Waals surface area contributed by atoms with Crippen LogP contribution < -0.4 is 0 Å². The van der Waals surface area contributed by atoms with Gasteiger partial charge in [-0.1, -0.05) is 12.2 Å². The molecule has 0 bridgehead atoms. The molecule has 0 radical (unpaired) electrons. The standard InChI is InChI=1S/C6H7F3/c7-4-2-1-3-5(8)6(4)9/h1-2,4-6H,3H2. The van der Waals surface area contributed by atoms with Crippen molar-refractivity contribution in [1.82, 2.24) is 0 Å². The number of hydrogen-bond donors (Lipinski definition) is 0. The van der Waals surface area contributed by atoms with Gasteiger partial charge in [-0.05, 0) is 6.42 Å². The molecule has 0 aromatic rings. The Morgan fingerprint density at radius 2 is 1.89 bits per heavy atom. The van der Waals surface area contributed by atoms with Crippen LogP contribution in [0.4, 0.5) is 13.2 Å². The molecule has 9 heavy (non-hydrogen) atoms. The van der Waals surface area contributed by atoms with Crippen molar-refractivity contribution in [2.75, 3.05) is 0 Å². The zero-order valence-corrected chi connectivity index (χ0v) is 4.73. The molecule has 0 saturated carbocycles. The third-order valence-corrected chi connectivity index (χ3v) is 1.33. The van der Waals surface area contributed by atoms with Crippen LogP contribution in [0.2, 0.25) is 0 Å². The highest BCUT2D eigenvalue weighted by Gasteiger charge is 2.29. The minimum Gasteiger partial charge on any atom is -0.244 e. The Morgan fingerprint density at radius 1 is 1.22 bits per heavy atom. The summed E-state index contributed by atoms with van der Waals surface area (Å²) in [5, 5.41) is 0. The molecule has 0 aliphatic heterocycles. The van der Waals surface area contributed by atoms with Gasteiger partial charge in [0.15, 0.2) is 12.3 Å². The Bertz CT molecular complexity index is 121. The first-order valence-electron chi connectivity index (χ1n) is 2.80. The van der Waals surface area contributed by atoms with E-state index in [1.165, 1.54) is 6.08 Å². The highest BCUT2D eigenvalue weighted by atomic mass is 19.2. The molecule has 0 amide bonds. The average molecular weight is 136 g/mol. The largest absolute Gasteiger partial charge is 0.244 e. The van der Waals surface area contributed by atoms with Crippen LogP contribution in [0.15, 0.2) is 12.2 Å². The van der Waals surface area contributed by atoms with E-state index < -0.39 is 18.5 Å². The van der Waals surface area contributed by atoms with Crippen molar-refractivity contribution < 1.29 is 13.2 Å². The second-order valence-electron chi connectivity index (χ2n) is 2.07. The topological polar surface area (TPSA) is 0 Å². The fourth-order valence-corrected chi connectivity index (χ4v) is 0.774. The zero-order chi connectivity index (χ0) is 6.85. The van der Waals surface area contributed by atoms with Gasteiger partial charge in [0, 0.05) is 0 Å².